The Kier molecular flexibility index (Phi) is 7.53. The summed E-state index contributed by atoms with van der Waals surface area (Å²) in [5.74, 6) is -0.316. The number of carbonyl (C=O) groups excluding carboxylic acids is 1. The van der Waals surface area contributed by atoms with Crippen LogP contribution in [0.2, 0.25) is 0 Å². The second-order valence-electron chi connectivity index (χ2n) is 3.26. The maximum absolute atomic E-state index is 11.7. The summed E-state index contributed by atoms with van der Waals surface area (Å²) in [6, 6.07) is 8.03. The Morgan fingerprint density at radius 2 is 1.78 bits per heavy atom. The van der Waals surface area contributed by atoms with E-state index in [9.17, 15) is 13.2 Å². The topological polar surface area (TPSA) is 101 Å². The Labute approximate surface area is 112 Å². The molecule has 0 spiro atoms. The average molecular weight is 294 g/mol. The predicted octanol–water partition coefficient (Wildman–Crippen LogP) is -0.538. The molecule has 0 aliphatic carbocycles. The molecule has 0 bridgehead atoms. The lowest BCUT2D eigenvalue weighted by molar-refractivity contribution is -0.119. The molecule has 1 aromatic rings. The van der Waals surface area contributed by atoms with Crippen molar-refractivity contribution in [2.45, 2.75) is 4.90 Å². The van der Waals surface area contributed by atoms with Gasteiger partial charge < -0.3 is 11.1 Å². The van der Waals surface area contributed by atoms with Crippen molar-refractivity contribution in [3.63, 3.8) is 0 Å². The quantitative estimate of drug-likeness (QED) is 0.613. The zero-order chi connectivity index (χ0) is 12.7. The second-order valence-corrected chi connectivity index (χ2v) is 5.03. The van der Waals surface area contributed by atoms with Gasteiger partial charge in [-0.3, -0.25) is 4.79 Å². The summed E-state index contributed by atoms with van der Waals surface area (Å²) in [7, 11) is -3.50. The highest BCUT2D eigenvalue weighted by Crippen LogP contribution is 2.06. The summed E-state index contributed by atoms with van der Waals surface area (Å²) < 4.78 is 25.8. The first kappa shape index (κ1) is 16.9. The van der Waals surface area contributed by atoms with Gasteiger partial charge in [0.25, 0.3) is 0 Å². The number of nitrogens with one attached hydrogen (secondary N) is 2. The van der Waals surface area contributed by atoms with Gasteiger partial charge in [0.05, 0.1) is 11.4 Å². The van der Waals surface area contributed by atoms with Crippen molar-refractivity contribution in [2.24, 2.45) is 5.73 Å². The molecule has 0 fully saturated rings. The zero-order valence-corrected chi connectivity index (χ0v) is 11.3. The normalized spacial score (nSPS) is 10.5. The maximum atomic E-state index is 11.7. The molecule has 0 aliphatic rings. The van der Waals surface area contributed by atoms with Crippen LogP contribution in [0.25, 0.3) is 0 Å². The number of rotatable bonds is 6. The molecule has 6 nitrogen and oxygen atoms in total. The van der Waals surface area contributed by atoms with E-state index in [1.54, 1.807) is 18.2 Å². The first-order valence-corrected chi connectivity index (χ1v) is 6.56. The largest absolute Gasteiger partial charge is 0.354 e. The highest BCUT2D eigenvalue weighted by atomic mass is 35.5. The fourth-order valence-corrected chi connectivity index (χ4v) is 2.20. The molecule has 0 radical (unpaired) electrons. The number of hydrogen-bond donors (Lipinski definition) is 3. The molecule has 102 valence electrons. The predicted molar refractivity (Wildman–Crippen MR) is 70.9 cm³/mol. The average Bonchev–Trinajstić information content (AvgIpc) is 2.35. The van der Waals surface area contributed by atoms with Gasteiger partial charge in [0.15, 0.2) is 0 Å². The molecule has 0 saturated carbocycles. The van der Waals surface area contributed by atoms with E-state index in [0.717, 1.165) is 0 Å². The van der Waals surface area contributed by atoms with Crippen molar-refractivity contribution in [1.29, 1.82) is 0 Å². The van der Waals surface area contributed by atoms with Crippen LogP contribution in [0.5, 0.6) is 0 Å². The van der Waals surface area contributed by atoms with Crippen molar-refractivity contribution in [2.75, 3.05) is 19.6 Å². The summed E-state index contributed by atoms with van der Waals surface area (Å²) in [5, 5.41) is 2.47. The van der Waals surface area contributed by atoms with E-state index >= 15 is 0 Å². The first-order chi connectivity index (χ1) is 8.06. The van der Waals surface area contributed by atoms with Crippen LogP contribution in [0, 0.1) is 0 Å². The summed E-state index contributed by atoms with van der Waals surface area (Å²) in [5.41, 5.74) is 5.08. The van der Waals surface area contributed by atoms with Crippen molar-refractivity contribution < 1.29 is 13.2 Å². The van der Waals surface area contributed by atoms with Crippen molar-refractivity contribution in [3.05, 3.63) is 30.3 Å². The fourth-order valence-electron chi connectivity index (χ4n) is 1.14. The minimum Gasteiger partial charge on any atom is -0.354 e. The lowest BCUT2D eigenvalue weighted by Gasteiger charge is -2.07. The van der Waals surface area contributed by atoms with Gasteiger partial charge in [0, 0.05) is 13.1 Å². The number of amides is 1. The lowest BCUT2D eigenvalue weighted by atomic mass is 10.4. The van der Waals surface area contributed by atoms with Gasteiger partial charge in [0.1, 0.15) is 0 Å². The van der Waals surface area contributed by atoms with Crippen LogP contribution in [0.3, 0.4) is 0 Å². The third-order valence-electron chi connectivity index (χ3n) is 1.98. The number of benzene rings is 1. The van der Waals surface area contributed by atoms with Crippen LogP contribution >= 0.6 is 12.4 Å². The molecule has 0 heterocycles. The number of hydrogen-bond acceptors (Lipinski definition) is 4. The lowest BCUT2D eigenvalue weighted by Crippen LogP contribution is -2.37. The highest BCUT2D eigenvalue weighted by Gasteiger charge is 2.11. The van der Waals surface area contributed by atoms with Crippen LogP contribution in [0.15, 0.2) is 35.2 Å². The molecule has 0 saturated heterocycles. The van der Waals surface area contributed by atoms with Gasteiger partial charge in [-0.05, 0) is 12.1 Å². The summed E-state index contributed by atoms with van der Waals surface area (Å²) in [6.45, 7) is 0.233. The van der Waals surface area contributed by atoms with E-state index < -0.39 is 10.0 Å². The maximum Gasteiger partial charge on any atom is 0.240 e. The van der Waals surface area contributed by atoms with Crippen LogP contribution in [0.1, 0.15) is 0 Å². The van der Waals surface area contributed by atoms with Crippen LogP contribution in [-0.2, 0) is 14.8 Å². The zero-order valence-electron chi connectivity index (χ0n) is 9.63. The molecule has 4 N–H and O–H groups in total. The van der Waals surface area contributed by atoms with Crippen molar-refractivity contribution >= 4 is 28.3 Å². The number of carbonyl (C=O) groups is 1. The van der Waals surface area contributed by atoms with Gasteiger partial charge >= 0.3 is 0 Å². The minimum atomic E-state index is -3.50. The molecule has 0 aliphatic heterocycles. The van der Waals surface area contributed by atoms with Crippen LogP contribution in [0.4, 0.5) is 0 Å². The Bertz CT molecular complexity index is 465. The van der Waals surface area contributed by atoms with E-state index in [-0.39, 0.29) is 42.8 Å². The monoisotopic (exact) mass is 293 g/mol. The summed E-state index contributed by atoms with van der Waals surface area (Å²) in [4.78, 5) is 11.0. The standard InChI is InChI=1S/C10H15N3O3S.ClH/c11-8-10(14)12-6-7-13-17(15,16)9-4-2-1-3-5-9;/h1-5,13H,6-8,11H2,(H,12,14);1H. The Hall–Kier alpha value is -1.15. The number of nitrogens with two attached hydrogens (primary N) is 1. The molecule has 18 heavy (non-hydrogen) atoms. The molecule has 8 heteroatoms. The van der Waals surface area contributed by atoms with Crippen LogP contribution < -0.4 is 15.8 Å². The third kappa shape index (κ3) is 5.46. The molecular weight excluding hydrogens is 278 g/mol. The van der Waals surface area contributed by atoms with Gasteiger partial charge in [-0.1, -0.05) is 18.2 Å². The molecule has 1 amide bonds. The van der Waals surface area contributed by atoms with E-state index in [4.69, 9.17) is 5.73 Å². The van der Waals surface area contributed by atoms with Crippen molar-refractivity contribution in [3.8, 4) is 0 Å². The van der Waals surface area contributed by atoms with Gasteiger partial charge in [-0.25, -0.2) is 13.1 Å². The van der Waals surface area contributed by atoms with E-state index in [2.05, 4.69) is 10.0 Å². The molecule has 0 atom stereocenters. The Balaban J connectivity index is 0.00000289. The number of halogens is 1. The third-order valence-corrected chi connectivity index (χ3v) is 3.46. The number of sulfonamides is 1. The van der Waals surface area contributed by atoms with Gasteiger partial charge in [0.2, 0.25) is 15.9 Å². The highest BCUT2D eigenvalue weighted by molar-refractivity contribution is 7.89. The molecule has 0 unspecified atom stereocenters. The molecular formula is C10H16ClN3O3S. The smallest absolute Gasteiger partial charge is 0.240 e. The summed E-state index contributed by atoms with van der Waals surface area (Å²) in [6.07, 6.45) is 0. The molecule has 1 aromatic carbocycles. The Morgan fingerprint density at radius 1 is 1.17 bits per heavy atom. The van der Waals surface area contributed by atoms with E-state index in [0.29, 0.717) is 0 Å². The van der Waals surface area contributed by atoms with Gasteiger partial charge in [-0.15, -0.1) is 12.4 Å². The van der Waals surface area contributed by atoms with Gasteiger partial charge in [-0.2, -0.15) is 0 Å². The minimum absolute atomic E-state index is 0. The first-order valence-electron chi connectivity index (χ1n) is 5.08. The molecule has 1 rings (SSSR count). The second kappa shape index (κ2) is 8.04. The molecule has 0 aromatic heterocycles. The van der Waals surface area contributed by atoms with E-state index in [1.807, 2.05) is 0 Å². The van der Waals surface area contributed by atoms with Crippen molar-refractivity contribution in [1.82, 2.24) is 10.0 Å². The SMILES string of the molecule is Cl.NCC(=O)NCCNS(=O)(=O)c1ccccc1. The fraction of sp³-hybridized carbons (Fsp3) is 0.300. The summed E-state index contributed by atoms with van der Waals surface area (Å²) >= 11 is 0. The Morgan fingerprint density at radius 3 is 2.33 bits per heavy atom. The van der Waals surface area contributed by atoms with Crippen LogP contribution in [-0.4, -0.2) is 34.0 Å². The van der Waals surface area contributed by atoms with E-state index in [1.165, 1.54) is 12.1 Å².